The van der Waals surface area contributed by atoms with E-state index < -0.39 is 17.4 Å². The SMILES string of the molecule is CC(C)(C)C(=O)CC[C@H](NC(=O)CCc1ccc(Oc2ccc(Cl)cc2Cl)cc1)C(=O)O. The number of carbonyl (C=O) groups is 3. The van der Waals surface area contributed by atoms with Crippen LogP contribution >= 0.6 is 23.2 Å². The summed E-state index contributed by atoms with van der Waals surface area (Å²) in [7, 11) is 0. The second-order valence-corrected chi connectivity index (χ2v) is 9.33. The summed E-state index contributed by atoms with van der Waals surface area (Å²) < 4.78 is 5.73. The molecular formula is C24H27Cl2NO5. The lowest BCUT2D eigenvalue weighted by Crippen LogP contribution is -2.41. The Hall–Kier alpha value is -2.57. The third-order valence-electron chi connectivity index (χ3n) is 4.82. The molecule has 2 aromatic carbocycles. The molecule has 32 heavy (non-hydrogen) atoms. The Bertz CT molecular complexity index is 967. The van der Waals surface area contributed by atoms with Crippen LogP contribution in [0.5, 0.6) is 11.5 Å². The van der Waals surface area contributed by atoms with Crippen LogP contribution in [0, 0.1) is 5.41 Å². The number of amides is 1. The minimum atomic E-state index is -1.15. The lowest BCUT2D eigenvalue weighted by Gasteiger charge is -2.19. The number of nitrogens with one attached hydrogen (secondary N) is 1. The topological polar surface area (TPSA) is 92.7 Å². The van der Waals surface area contributed by atoms with Gasteiger partial charge in [-0.15, -0.1) is 0 Å². The van der Waals surface area contributed by atoms with Gasteiger partial charge < -0.3 is 15.2 Å². The molecular weight excluding hydrogens is 453 g/mol. The minimum absolute atomic E-state index is 0.0415. The van der Waals surface area contributed by atoms with Crippen molar-refractivity contribution in [3.05, 3.63) is 58.1 Å². The highest BCUT2D eigenvalue weighted by Gasteiger charge is 2.25. The van der Waals surface area contributed by atoms with Crippen LogP contribution in [-0.4, -0.2) is 28.8 Å². The number of carboxylic acid groups (broad SMARTS) is 1. The van der Waals surface area contributed by atoms with E-state index in [1.807, 2.05) is 12.1 Å². The summed E-state index contributed by atoms with van der Waals surface area (Å²) >= 11 is 12.0. The number of halogens is 2. The molecule has 172 valence electrons. The third-order valence-corrected chi connectivity index (χ3v) is 5.35. The molecule has 0 aliphatic carbocycles. The van der Waals surface area contributed by atoms with Crippen LogP contribution in [0.25, 0.3) is 0 Å². The highest BCUT2D eigenvalue weighted by molar-refractivity contribution is 6.35. The number of hydrogen-bond donors (Lipinski definition) is 2. The molecule has 2 aromatic rings. The Kier molecular flexibility index (Phi) is 9.10. The first kappa shape index (κ1) is 25.7. The first-order valence-electron chi connectivity index (χ1n) is 10.2. The van der Waals surface area contributed by atoms with Crippen LogP contribution in [-0.2, 0) is 20.8 Å². The number of Topliss-reactive ketones (excluding diaryl/α,β-unsaturated/α-hetero) is 1. The van der Waals surface area contributed by atoms with Crippen LogP contribution in [0.3, 0.4) is 0 Å². The average molecular weight is 480 g/mol. The van der Waals surface area contributed by atoms with E-state index in [9.17, 15) is 19.5 Å². The predicted octanol–water partition coefficient (Wildman–Crippen LogP) is 5.68. The van der Waals surface area contributed by atoms with E-state index >= 15 is 0 Å². The van der Waals surface area contributed by atoms with Gasteiger partial charge in [-0.2, -0.15) is 0 Å². The second kappa shape index (κ2) is 11.3. The van der Waals surface area contributed by atoms with Gasteiger partial charge in [0.15, 0.2) is 0 Å². The van der Waals surface area contributed by atoms with E-state index in [0.717, 1.165) is 5.56 Å². The molecule has 1 atom stereocenters. The van der Waals surface area contributed by atoms with Crippen molar-refractivity contribution in [3.63, 3.8) is 0 Å². The van der Waals surface area contributed by atoms with Crippen molar-refractivity contribution in [2.24, 2.45) is 5.41 Å². The van der Waals surface area contributed by atoms with Crippen LogP contribution in [0.15, 0.2) is 42.5 Å². The van der Waals surface area contributed by atoms with Gasteiger partial charge in [-0.1, -0.05) is 56.1 Å². The van der Waals surface area contributed by atoms with Gasteiger partial charge in [0, 0.05) is 23.3 Å². The Balaban J connectivity index is 1.86. The molecule has 0 aliphatic heterocycles. The van der Waals surface area contributed by atoms with E-state index in [0.29, 0.717) is 28.0 Å². The van der Waals surface area contributed by atoms with Crippen LogP contribution < -0.4 is 10.1 Å². The zero-order valence-corrected chi connectivity index (χ0v) is 19.8. The van der Waals surface area contributed by atoms with Gasteiger partial charge >= 0.3 is 5.97 Å². The molecule has 0 saturated heterocycles. The van der Waals surface area contributed by atoms with Crippen molar-refractivity contribution in [1.82, 2.24) is 5.32 Å². The number of carbonyl (C=O) groups excluding carboxylic acids is 2. The molecule has 0 unspecified atom stereocenters. The maximum atomic E-state index is 12.2. The molecule has 0 heterocycles. The highest BCUT2D eigenvalue weighted by Crippen LogP contribution is 2.31. The summed E-state index contributed by atoms with van der Waals surface area (Å²) in [5, 5.41) is 12.8. The smallest absolute Gasteiger partial charge is 0.326 e. The van der Waals surface area contributed by atoms with Gasteiger partial charge in [-0.3, -0.25) is 9.59 Å². The van der Waals surface area contributed by atoms with E-state index in [1.54, 1.807) is 51.1 Å². The fraction of sp³-hybridized carbons (Fsp3) is 0.375. The second-order valence-electron chi connectivity index (χ2n) is 8.49. The zero-order valence-electron chi connectivity index (χ0n) is 18.3. The Morgan fingerprint density at radius 2 is 1.69 bits per heavy atom. The molecule has 2 rings (SSSR count). The summed E-state index contributed by atoms with van der Waals surface area (Å²) in [6, 6.07) is 11.0. The first-order chi connectivity index (χ1) is 15.0. The summed E-state index contributed by atoms with van der Waals surface area (Å²) in [4.78, 5) is 35.7. The third kappa shape index (κ3) is 8.17. The molecule has 0 fully saturated rings. The number of carboxylic acids is 1. The van der Waals surface area contributed by atoms with Gasteiger partial charge in [0.1, 0.15) is 23.3 Å². The Labute approximate surface area is 197 Å². The van der Waals surface area contributed by atoms with Gasteiger partial charge in [-0.25, -0.2) is 4.79 Å². The number of benzene rings is 2. The molecule has 8 heteroatoms. The lowest BCUT2D eigenvalue weighted by molar-refractivity contribution is -0.142. The van der Waals surface area contributed by atoms with Gasteiger partial charge in [0.25, 0.3) is 0 Å². The molecule has 2 N–H and O–H groups in total. The Morgan fingerprint density at radius 3 is 2.25 bits per heavy atom. The highest BCUT2D eigenvalue weighted by atomic mass is 35.5. The maximum absolute atomic E-state index is 12.2. The fourth-order valence-electron chi connectivity index (χ4n) is 2.84. The number of hydrogen-bond acceptors (Lipinski definition) is 4. The number of rotatable bonds is 10. The van der Waals surface area contributed by atoms with Crippen molar-refractivity contribution < 1.29 is 24.2 Å². The molecule has 0 spiro atoms. The number of ketones is 1. The summed E-state index contributed by atoms with van der Waals surface area (Å²) in [6.07, 6.45) is 0.720. The van der Waals surface area contributed by atoms with Crippen molar-refractivity contribution in [3.8, 4) is 11.5 Å². The quantitative estimate of drug-likeness (QED) is 0.456. The van der Waals surface area contributed by atoms with Crippen LogP contribution in [0.2, 0.25) is 10.0 Å². The predicted molar refractivity (Wildman–Crippen MR) is 125 cm³/mol. The first-order valence-corrected chi connectivity index (χ1v) is 11.0. The minimum Gasteiger partial charge on any atom is -0.480 e. The van der Waals surface area contributed by atoms with Gasteiger partial charge in [-0.05, 0) is 48.7 Å². The number of aliphatic carboxylic acids is 1. The molecule has 0 aliphatic rings. The van der Waals surface area contributed by atoms with Gasteiger partial charge in [0.2, 0.25) is 5.91 Å². The summed E-state index contributed by atoms with van der Waals surface area (Å²) in [5.41, 5.74) is 0.353. The van der Waals surface area contributed by atoms with Crippen molar-refractivity contribution in [1.29, 1.82) is 0 Å². The van der Waals surface area contributed by atoms with E-state index in [1.165, 1.54) is 0 Å². The normalized spacial score (nSPS) is 12.2. The van der Waals surface area contributed by atoms with Crippen LogP contribution in [0.1, 0.15) is 45.6 Å². The number of aryl methyl sites for hydroxylation is 1. The summed E-state index contributed by atoms with van der Waals surface area (Å²) in [6.45, 7) is 5.35. The summed E-state index contributed by atoms with van der Waals surface area (Å²) in [5.74, 6) is -0.513. The molecule has 0 radical (unpaired) electrons. The van der Waals surface area contributed by atoms with Crippen molar-refractivity contribution >= 4 is 40.9 Å². The van der Waals surface area contributed by atoms with Crippen LogP contribution in [0.4, 0.5) is 0 Å². The van der Waals surface area contributed by atoms with Gasteiger partial charge in [0.05, 0.1) is 5.02 Å². The van der Waals surface area contributed by atoms with E-state index in [-0.39, 0.29) is 31.0 Å². The van der Waals surface area contributed by atoms with Crippen molar-refractivity contribution in [2.45, 2.75) is 52.5 Å². The largest absolute Gasteiger partial charge is 0.480 e. The van der Waals surface area contributed by atoms with E-state index in [4.69, 9.17) is 27.9 Å². The molecule has 0 aromatic heterocycles. The Morgan fingerprint density at radius 1 is 1.03 bits per heavy atom. The van der Waals surface area contributed by atoms with E-state index in [2.05, 4.69) is 5.32 Å². The van der Waals surface area contributed by atoms with Crippen molar-refractivity contribution in [2.75, 3.05) is 0 Å². The monoisotopic (exact) mass is 479 g/mol. The molecule has 0 bridgehead atoms. The molecule has 0 saturated carbocycles. The lowest BCUT2D eigenvalue weighted by atomic mass is 9.87. The standard InChI is InChI=1S/C24H27Cl2NO5/c1-24(2,3)21(28)12-10-19(23(30)31)27-22(29)13-6-15-4-8-17(9-5-15)32-20-11-7-16(25)14-18(20)26/h4-5,7-9,11,14,19H,6,10,12-13H2,1-3H3,(H,27,29)(H,30,31)/t19-/m0/s1. The molecule has 6 nitrogen and oxygen atoms in total. The number of ether oxygens (including phenoxy) is 1. The zero-order chi connectivity index (χ0) is 23.9. The fourth-order valence-corrected chi connectivity index (χ4v) is 3.29. The molecule has 1 amide bonds. The average Bonchev–Trinajstić information content (AvgIpc) is 2.71. The maximum Gasteiger partial charge on any atom is 0.326 e.